The molecule has 2 heterocycles. The summed E-state index contributed by atoms with van der Waals surface area (Å²) in [7, 11) is -3.50. The number of hydrogen-bond donors (Lipinski definition) is 1. The summed E-state index contributed by atoms with van der Waals surface area (Å²) in [5.41, 5.74) is 1.14. The lowest BCUT2D eigenvalue weighted by atomic mass is 10.2. The van der Waals surface area contributed by atoms with Crippen molar-refractivity contribution in [1.29, 1.82) is 0 Å². The number of fused-ring (bicyclic) bond motifs is 2. The van der Waals surface area contributed by atoms with Crippen LogP contribution in [0.1, 0.15) is 23.2 Å². The molecule has 2 aromatic carbocycles. The Hall–Kier alpha value is -1.83. The first-order valence-electron chi connectivity index (χ1n) is 7.78. The number of carbonyl (C=O) groups is 1. The van der Waals surface area contributed by atoms with Crippen molar-refractivity contribution in [1.82, 2.24) is 4.31 Å². The van der Waals surface area contributed by atoms with Gasteiger partial charge in [0.2, 0.25) is 10.0 Å². The normalized spacial score (nSPS) is 17.8. The highest BCUT2D eigenvalue weighted by Crippen LogP contribution is 2.40. The average molecular weight is 360 g/mol. The molecule has 0 unspecified atom stereocenters. The van der Waals surface area contributed by atoms with E-state index < -0.39 is 10.0 Å². The van der Waals surface area contributed by atoms with Gasteiger partial charge in [0.25, 0.3) is 5.91 Å². The van der Waals surface area contributed by atoms with Gasteiger partial charge in [0.05, 0.1) is 16.1 Å². The van der Waals surface area contributed by atoms with Crippen LogP contribution < -0.4 is 5.32 Å². The molecule has 1 saturated heterocycles. The molecular formula is C17H16N2O3S2. The summed E-state index contributed by atoms with van der Waals surface area (Å²) >= 11 is 1.47. The van der Waals surface area contributed by atoms with E-state index in [1.165, 1.54) is 16.1 Å². The monoisotopic (exact) mass is 360 g/mol. The van der Waals surface area contributed by atoms with Crippen molar-refractivity contribution in [2.24, 2.45) is 0 Å². The minimum absolute atomic E-state index is 0.215. The molecule has 0 bridgehead atoms. The van der Waals surface area contributed by atoms with Gasteiger partial charge in [-0.2, -0.15) is 4.31 Å². The average Bonchev–Trinajstić information content (AvgIpc) is 3.07. The molecule has 2 aromatic rings. The van der Waals surface area contributed by atoms with Gasteiger partial charge in [-0.05, 0) is 43.2 Å². The van der Waals surface area contributed by atoms with Crippen molar-refractivity contribution in [3.05, 3.63) is 48.0 Å². The molecular weight excluding hydrogens is 344 g/mol. The highest BCUT2D eigenvalue weighted by atomic mass is 32.2. The van der Waals surface area contributed by atoms with Gasteiger partial charge in [-0.3, -0.25) is 4.79 Å². The van der Waals surface area contributed by atoms with Crippen LogP contribution in [0.3, 0.4) is 0 Å². The summed E-state index contributed by atoms with van der Waals surface area (Å²) in [5, 5.41) is 2.84. The molecule has 7 heteroatoms. The molecule has 0 spiro atoms. The first kappa shape index (κ1) is 15.7. The lowest BCUT2D eigenvalue weighted by molar-refractivity contribution is 0.102. The van der Waals surface area contributed by atoms with Crippen molar-refractivity contribution < 1.29 is 13.2 Å². The van der Waals surface area contributed by atoms with Crippen LogP contribution in [0.2, 0.25) is 0 Å². The number of benzene rings is 2. The number of nitrogens with zero attached hydrogens (tertiary/aromatic N) is 1. The van der Waals surface area contributed by atoms with Crippen molar-refractivity contribution >= 4 is 33.4 Å². The van der Waals surface area contributed by atoms with E-state index in [1.54, 1.807) is 24.3 Å². The maximum Gasteiger partial charge on any atom is 0.256 e. The summed E-state index contributed by atoms with van der Waals surface area (Å²) in [5.74, 6) is -0.215. The molecule has 0 aromatic heterocycles. The number of rotatable bonds is 2. The Labute approximate surface area is 145 Å². The van der Waals surface area contributed by atoms with E-state index in [2.05, 4.69) is 5.32 Å². The predicted octanol–water partition coefficient (Wildman–Crippen LogP) is 3.19. The zero-order chi connectivity index (χ0) is 16.7. The molecule has 1 N–H and O–H groups in total. The van der Waals surface area contributed by atoms with Crippen molar-refractivity contribution in [2.75, 3.05) is 18.4 Å². The fourth-order valence-electron chi connectivity index (χ4n) is 2.99. The lowest BCUT2D eigenvalue weighted by Gasteiger charge is -2.16. The molecule has 0 aliphatic carbocycles. The smallest absolute Gasteiger partial charge is 0.256 e. The van der Waals surface area contributed by atoms with E-state index in [0.717, 1.165) is 22.6 Å². The number of amides is 1. The second-order valence-electron chi connectivity index (χ2n) is 5.82. The fraction of sp³-hybridized carbons (Fsp3) is 0.235. The number of sulfonamides is 1. The Kier molecular flexibility index (Phi) is 3.86. The van der Waals surface area contributed by atoms with Crippen LogP contribution in [-0.4, -0.2) is 31.7 Å². The van der Waals surface area contributed by atoms with Gasteiger partial charge in [-0.15, -0.1) is 0 Å². The number of carbonyl (C=O) groups excluding carboxylic acids is 1. The second-order valence-corrected chi connectivity index (χ2v) is 8.84. The molecule has 0 saturated carbocycles. The predicted molar refractivity (Wildman–Crippen MR) is 93.0 cm³/mol. The minimum atomic E-state index is -3.50. The van der Waals surface area contributed by atoms with Gasteiger partial charge in [-0.25, -0.2) is 8.42 Å². The highest BCUT2D eigenvalue weighted by Gasteiger charge is 2.28. The van der Waals surface area contributed by atoms with Gasteiger partial charge in [0.15, 0.2) is 0 Å². The van der Waals surface area contributed by atoms with Gasteiger partial charge < -0.3 is 5.32 Å². The number of anilines is 1. The zero-order valence-corrected chi connectivity index (χ0v) is 14.5. The Morgan fingerprint density at radius 2 is 1.75 bits per heavy atom. The van der Waals surface area contributed by atoms with Gasteiger partial charge >= 0.3 is 0 Å². The van der Waals surface area contributed by atoms with Crippen LogP contribution in [0.4, 0.5) is 5.69 Å². The standard InChI is InChI=1S/C17H16N2O3S2/c20-17-13-5-1-2-6-15(13)23-16-8-7-12(11-14(16)18-17)24(21,22)19-9-3-4-10-19/h1-2,5-8,11H,3-4,9-10H2,(H,18,20). The SMILES string of the molecule is O=C1Nc2cc(S(=O)(=O)N3CCCC3)ccc2Sc2ccccc21. The number of nitrogens with one attached hydrogen (secondary N) is 1. The van der Waals surface area contributed by atoms with Gasteiger partial charge in [0, 0.05) is 22.9 Å². The van der Waals surface area contributed by atoms with Crippen LogP contribution >= 0.6 is 11.8 Å². The summed E-state index contributed by atoms with van der Waals surface area (Å²) in [6, 6.07) is 12.3. The highest BCUT2D eigenvalue weighted by molar-refractivity contribution is 7.99. The Morgan fingerprint density at radius 3 is 2.54 bits per heavy atom. The van der Waals surface area contributed by atoms with E-state index in [-0.39, 0.29) is 10.8 Å². The quantitative estimate of drug-likeness (QED) is 0.893. The zero-order valence-electron chi connectivity index (χ0n) is 12.9. The van der Waals surface area contributed by atoms with E-state index in [1.807, 2.05) is 18.2 Å². The van der Waals surface area contributed by atoms with E-state index >= 15 is 0 Å². The van der Waals surface area contributed by atoms with Crippen LogP contribution in [0, 0.1) is 0 Å². The number of hydrogen-bond acceptors (Lipinski definition) is 4. The third kappa shape index (κ3) is 2.62. The van der Waals surface area contributed by atoms with E-state index in [0.29, 0.717) is 24.3 Å². The summed E-state index contributed by atoms with van der Waals surface area (Å²) in [4.78, 5) is 14.3. The third-order valence-corrected chi connectivity index (χ3v) is 7.30. The van der Waals surface area contributed by atoms with E-state index in [9.17, 15) is 13.2 Å². The molecule has 0 radical (unpaired) electrons. The molecule has 124 valence electrons. The molecule has 1 fully saturated rings. The Balaban J connectivity index is 1.75. The van der Waals surface area contributed by atoms with Gasteiger partial charge in [0.1, 0.15) is 0 Å². The fourth-order valence-corrected chi connectivity index (χ4v) is 5.54. The molecule has 5 nitrogen and oxygen atoms in total. The second kappa shape index (κ2) is 5.91. The maximum absolute atomic E-state index is 12.7. The van der Waals surface area contributed by atoms with Crippen molar-refractivity contribution in [3.63, 3.8) is 0 Å². The maximum atomic E-state index is 12.7. The summed E-state index contributed by atoms with van der Waals surface area (Å²) < 4.78 is 26.9. The topological polar surface area (TPSA) is 66.5 Å². The first-order chi connectivity index (χ1) is 11.6. The minimum Gasteiger partial charge on any atom is -0.321 e. The van der Waals surface area contributed by atoms with Crippen molar-refractivity contribution in [2.45, 2.75) is 27.5 Å². The van der Waals surface area contributed by atoms with Crippen LogP contribution in [0.25, 0.3) is 0 Å². The largest absolute Gasteiger partial charge is 0.321 e. The molecule has 4 rings (SSSR count). The molecule has 0 atom stereocenters. The van der Waals surface area contributed by atoms with E-state index in [4.69, 9.17) is 0 Å². The molecule has 2 aliphatic heterocycles. The Bertz CT molecular complexity index is 919. The van der Waals surface area contributed by atoms with Crippen molar-refractivity contribution in [3.8, 4) is 0 Å². The first-order valence-corrected chi connectivity index (χ1v) is 10.0. The summed E-state index contributed by atoms with van der Waals surface area (Å²) in [6.07, 6.45) is 1.79. The van der Waals surface area contributed by atoms with Crippen LogP contribution in [0.5, 0.6) is 0 Å². The Morgan fingerprint density at radius 1 is 1.00 bits per heavy atom. The van der Waals surface area contributed by atoms with Crippen LogP contribution in [-0.2, 0) is 10.0 Å². The molecule has 24 heavy (non-hydrogen) atoms. The van der Waals surface area contributed by atoms with Gasteiger partial charge in [-0.1, -0.05) is 23.9 Å². The molecule has 1 amide bonds. The lowest BCUT2D eigenvalue weighted by Crippen LogP contribution is -2.28. The third-order valence-electron chi connectivity index (χ3n) is 4.25. The van der Waals surface area contributed by atoms with Crippen LogP contribution in [0.15, 0.2) is 57.2 Å². The molecule has 2 aliphatic rings. The summed E-state index contributed by atoms with van der Waals surface area (Å²) in [6.45, 7) is 1.12.